The van der Waals surface area contributed by atoms with Crippen LogP contribution in [0.2, 0.25) is 0 Å². The average Bonchev–Trinajstić information content (AvgIpc) is 2.21. The van der Waals surface area contributed by atoms with E-state index in [1.807, 2.05) is 0 Å². The van der Waals surface area contributed by atoms with Crippen molar-refractivity contribution in [3.8, 4) is 0 Å². The van der Waals surface area contributed by atoms with E-state index in [9.17, 15) is 4.79 Å². The fourth-order valence-electron chi connectivity index (χ4n) is 2.17. The van der Waals surface area contributed by atoms with Crippen molar-refractivity contribution in [1.82, 2.24) is 10.2 Å². The van der Waals surface area contributed by atoms with Crippen molar-refractivity contribution in [2.75, 3.05) is 26.2 Å². The fraction of sp³-hybridized carbons (Fsp3) is 0.917. The monoisotopic (exact) mass is 228 g/mol. The number of nitrogens with one attached hydrogen (secondary N) is 1. The smallest absolute Gasteiger partial charge is 0.308 e. The number of hydrogen-bond donors (Lipinski definition) is 2. The molecule has 2 N–H and O–H groups in total. The zero-order valence-corrected chi connectivity index (χ0v) is 10.4. The van der Waals surface area contributed by atoms with Crippen LogP contribution < -0.4 is 5.32 Å². The Morgan fingerprint density at radius 2 is 2.06 bits per heavy atom. The summed E-state index contributed by atoms with van der Waals surface area (Å²) in [5.41, 5.74) is 0. The number of nitrogens with zero attached hydrogens (tertiary/aromatic N) is 1. The molecule has 2 atom stereocenters. The van der Waals surface area contributed by atoms with Gasteiger partial charge in [-0.25, -0.2) is 0 Å². The highest BCUT2D eigenvalue weighted by Crippen LogP contribution is 2.27. The van der Waals surface area contributed by atoms with Crippen LogP contribution in [0.1, 0.15) is 33.1 Å². The van der Waals surface area contributed by atoms with Crippen LogP contribution in [0.3, 0.4) is 0 Å². The summed E-state index contributed by atoms with van der Waals surface area (Å²) in [6, 6.07) is 0.217. The molecule has 0 spiro atoms. The minimum absolute atomic E-state index is 0.145. The van der Waals surface area contributed by atoms with Gasteiger partial charge >= 0.3 is 5.97 Å². The molecule has 4 nitrogen and oxygen atoms in total. The summed E-state index contributed by atoms with van der Waals surface area (Å²) in [5.74, 6) is -0.791. The van der Waals surface area contributed by atoms with Crippen molar-refractivity contribution >= 4 is 5.97 Å². The molecule has 1 rings (SSSR count). The normalized spacial score (nSPS) is 24.4. The summed E-state index contributed by atoms with van der Waals surface area (Å²) in [6.07, 6.45) is 2.95. The molecule has 1 aliphatic carbocycles. The third-order valence-electron chi connectivity index (χ3n) is 3.54. The summed E-state index contributed by atoms with van der Waals surface area (Å²) in [5, 5.41) is 12.2. The number of carbonyl (C=O) groups is 1. The predicted molar refractivity (Wildman–Crippen MR) is 64.6 cm³/mol. The third kappa shape index (κ3) is 3.76. The van der Waals surface area contributed by atoms with Crippen LogP contribution in [0.15, 0.2) is 0 Å². The molecule has 0 heterocycles. The summed E-state index contributed by atoms with van der Waals surface area (Å²) in [6.45, 7) is 8.57. The number of aliphatic carboxylic acids is 1. The molecule has 0 saturated heterocycles. The van der Waals surface area contributed by atoms with Crippen LogP contribution in [-0.2, 0) is 4.79 Å². The highest BCUT2D eigenvalue weighted by Gasteiger charge is 2.35. The maximum atomic E-state index is 10.8. The second-order valence-corrected chi connectivity index (χ2v) is 4.46. The molecule has 4 heteroatoms. The molecule has 2 unspecified atom stereocenters. The van der Waals surface area contributed by atoms with E-state index in [2.05, 4.69) is 24.1 Å². The lowest BCUT2D eigenvalue weighted by atomic mass is 9.79. The van der Waals surface area contributed by atoms with Gasteiger partial charge in [0.2, 0.25) is 0 Å². The molecular formula is C12H24N2O2. The second-order valence-electron chi connectivity index (χ2n) is 4.46. The van der Waals surface area contributed by atoms with Gasteiger partial charge < -0.3 is 15.3 Å². The first-order chi connectivity index (χ1) is 7.69. The van der Waals surface area contributed by atoms with Gasteiger partial charge in [0.1, 0.15) is 0 Å². The molecule has 94 valence electrons. The predicted octanol–water partition coefficient (Wildman–Crippen LogP) is 1.17. The third-order valence-corrected chi connectivity index (χ3v) is 3.54. The van der Waals surface area contributed by atoms with Gasteiger partial charge in [-0.15, -0.1) is 0 Å². The van der Waals surface area contributed by atoms with Gasteiger partial charge in [-0.1, -0.05) is 13.8 Å². The summed E-state index contributed by atoms with van der Waals surface area (Å²) < 4.78 is 0. The molecular weight excluding hydrogens is 204 g/mol. The highest BCUT2D eigenvalue weighted by molar-refractivity contribution is 5.72. The lowest BCUT2D eigenvalue weighted by molar-refractivity contribution is -0.146. The Labute approximate surface area is 98.0 Å². The number of carboxylic acid groups (broad SMARTS) is 1. The Kier molecular flexibility index (Phi) is 5.77. The molecule has 1 fully saturated rings. The zero-order valence-electron chi connectivity index (χ0n) is 10.4. The van der Waals surface area contributed by atoms with Gasteiger partial charge in [-0.05, 0) is 45.4 Å². The maximum absolute atomic E-state index is 10.8. The first-order valence-electron chi connectivity index (χ1n) is 6.37. The minimum Gasteiger partial charge on any atom is -0.481 e. The SMILES string of the molecule is CCN(CC)CCCNC1CCC1C(=O)O. The Morgan fingerprint density at radius 3 is 2.50 bits per heavy atom. The van der Waals surface area contributed by atoms with Crippen molar-refractivity contribution < 1.29 is 9.90 Å². The van der Waals surface area contributed by atoms with Gasteiger partial charge in [0.15, 0.2) is 0 Å². The van der Waals surface area contributed by atoms with Crippen molar-refractivity contribution in [3.05, 3.63) is 0 Å². The van der Waals surface area contributed by atoms with Gasteiger partial charge in [-0.2, -0.15) is 0 Å². The van der Waals surface area contributed by atoms with E-state index in [0.717, 1.165) is 45.4 Å². The quantitative estimate of drug-likeness (QED) is 0.612. The Bertz CT molecular complexity index is 217. The minimum atomic E-state index is -0.646. The van der Waals surface area contributed by atoms with E-state index in [-0.39, 0.29) is 12.0 Å². The summed E-state index contributed by atoms with van der Waals surface area (Å²) in [7, 11) is 0. The van der Waals surface area contributed by atoms with Crippen molar-refractivity contribution in [2.45, 2.75) is 39.2 Å². The van der Waals surface area contributed by atoms with E-state index in [1.165, 1.54) is 0 Å². The molecule has 0 radical (unpaired) electrons. The van der Waals surface area contributed by atoms with Gasteiger partial charge in [0.05, 0.1) is 5.92 Å². The largest absolute Gasteiger partial charge is 0.481 e. The highest BCUT2D eigenvalue weighted by atomic mass is 16.4. The molecule has 0 amide bonds. The topological polar surface area (TPSA) is 52.6 Å². The first kappa shape index (κ1) is 13.5. The van der Waals surface area contributed by atoms with Crippen LogP contribution in [-0.4, -0.2) is 48.2 Å². The van der Waals surface area contributed by atoms with E-state index in [1.54, 1.807) is 0 Å². The van der Waals surface area contributed by atoms with E-state index in [4.69, 9.17) is 5.11 Å². The lowest BCUT2D eigenvalue weighted by Gasteiger charge is -2.34. The van der Waals surface area contributed by atoms with E-state index >= 15 is 0 Å². The molecule has 0 aromatic carbocycles. The Balaban J connectivity index is 2.05. The first-order valence-corrected chi connectivity index (χ1v) is 6.37. The molecule has 0 aromatic heterocycles. The fourth-order valence-corrected chi connectivity index (χ4v) is 2.17. The average molecular weight is 228 g/mol. The molecule has 0 bridgehead atoms. The lowest BCUT2D eigenvalue weighted by Crippen LogP contribution is -2.48. The Morgan fingerprint density at radius 1 is 1.38 bits per heavy atom. The van der Waals surface area contributed by atoms with Gasteiger partial charge in [0.25, 0.3) is 0 Å². The van der Waals surface area contributed by atoms with Crippen LogP contribution in [0, 0.1) is 5.92 Å². The molecule has 1 saturated carbocycles. The number of carboxylic acids is 1. The van der Waals surface area contributed by atoms with Crippen molar-refractivity contribution in [3.63, 3.8) is 0 Å². The van der Waals surface area contributed by atoms with Crippen LogP contribution in [0.5, 0.6) is 0 Å². The molecule has 0 aromatic rings. The summed E-state index contributed by atoms with van der Waals surface area (Å²) >= 11 is 0. The maximum Gasteiger partial charge on any atom is 0.308 e. The molecule has 0 aliphatic heterocycles. The molecule has 16 heavy (non-hydrogen) atoms. The number of hydrogen-bond acceptors (Lipinski definition) is 3. The van der Waals surface area contributed by atoms with Crippen LogP contribution in [0.25, 0.3) is 0 Å². The van der Waals surface area contributed by atoms with Crippen molar-refractivity contribution in [2.24, 2.45) is 5.92 Å². The van der Waals surface area contributed by atoms with Gasteiger partial charge in [-0.3, -0.25) is 4.79 Å². The van der Waals surface area contributed by atoms with E-state index in [0.29, 0.717) is 0 Å². The number of rotatable bonds is 8. The molecule has 1 aliphatic rings. The zero-order chi connectivity index (χ0) is 12.0. The van der Waals surface area contributed by atoms with E-state index < -0.39 is 5.97 Å². The van der Waals surface area contributed by atoms with Gasteiger partial charge in [0, 0.05) is 6.04 Å². The summed E-state index contributed by atoms with van der Waals surface area (Å²) in [4.78, 5) is 13.2. The standard InChI is InChI=1S/C12H24N2O2/c1-3-14(4-2)9-5-8-13-11-7-6-10(11)12(15)16/h10-11,13H,3-9H2,1-2H3,(H,15,16). The van der Waals surface area contributed by atoms with Crippen molar-refractivity contribution in [1.29, 1.82) is 0 Å². The second kappa shape index (κ2) is 6.86. The van der Waals surface area contributed by atoms with Crippen LogP contribution in [0.4, 0.5) is 0 Å². The van der Waals surface area contributed by atoms with Crippen LogP contribution >= 0.6 is 0 Å². The Hall–Kier alpha value is -0.610.